The van der Waals surface area contributed by atoms with Gasteiger partial charge in [-0.15, -0.1) is 0 Å². The van der Waals surface area contributed by atoms with E-state index in [1.807, 2.05) is 0 Å². The van der Waals surface area contributed by atoms with Crippen molar-refractivity contribution in [2.75, 3.05) is 0 Å². The highest BCUT2D eigenvalue weighted by Gasteiger charge is 2.22. The first-order valence-corrected chi connectivity index (χ1v) is 12.3. The van der Waals surface area contributed by atoms with Gasteiger partial charge in [-0.25, -0.2) is 13.8 Å². The molecular formula is C27H28ClF2N5O5. The molecule has 0 aliphatic rings. The van der Waals surface area contributed by atoms with E-state index in [1.54, 1.807) is 20.8 Å². The summed E-state index contributed by atoms with van der Waals surface area (Å²) >= 11 is 6.24. The number of aliphatic imine (C=N–C) groups is 1. The second kappa shape index (κ2) is 12.5. The van der Waals surface area contributed by atoms with Crippen LogP contribution in [0.3, 0.4) is 0 Å². The van der Waals surface area contributed by atoms with Gasteiger partial charge in [0.15, 0.2) is 11.7 Å². The molecule has 1 atom stereocenters. The minimum atomic E-state index is -1.47. The van der Waals surface area contributed by atoms with Crippen LogP contribution in [-0.2, 0) is 12.2 Å². The van der Waals surface area contributed by atoms with Crippen molar-refractivity contribution in [2.45, 2.75) is 52.9 Å². The van der Waals surface area contributed by atoms with Crippen LogP contribution in [0.15, 0.2) is 63.0 Å². The van der Waals surface area contributed by atoms with Crippen molar-refractivity contribution in [3.8, 4) is 5.75 Å². The number of nitrogens with zero attached hydrogens (tertiary/aromatic N) is 5. The number of pyridine rings is 2. The second-order valence-electron chi connectivity index (χ2n) is 9.38. The zero-order chi connectivity index (χ0) is 29.8. The fraction of sp³-hybridized carbons (Fsp3) is 0.296. The lowest BCUT2D eigenvalue weighted by Crippen LogP contribution is -2.36. The summed E-state index contributed by atoms with van der Waals surface area (Å²) in [5, 5.41) is 23.9. The van der Waals surface area contributed by atoms with Gasteiger partial charge in [-0.1, -0.05) is 11.6 Å². The van der Waals surface area contributed by atoms with Crippen molar-refractivity contribution in [1.82, 2.24) is 19.3 Å². The number of aromatic nitrogens is 4. The average molecular weight is 576 g/mol. The lowest BCUT2D eigenvalue weighted by Gasteiger charge is -2.17. The molecule has 0 amide bonds. The van der Waals surface area contributed by atoms with Gasteiger partial charge in [0.1, 0.15) is 28.9 Å². The highest BCUT2D eigenvalue weighted by atomic mass is 35.5. The number of allylic oxidation sites excluding steroid dienone is 1. The van der Waals surface area contributed by atoms with Crippen LogP contribution < -0.4 is 15.9 Å². The van der Waals surface area contributed by atoms with Crippen molar-refractivity contribution in [1.29, 1.82) is 0 Å². The third kappa shape index (κ3) is 7.14. The van der Waals surface area contributed by atoms with Gasteiger partial charge in [0.2, 0.25) is 0 Å². The molecule has 13 heteroatoms. The molecule has 3 aromatic heterocycles. The molecule has 2 N–H and O–H groups in total. The number of aliphatic hydroxyl groups excluding tert-OH is 1. The SMILES string of the molecule is C/C(=C/N=C(/C=C/n1c(C)cc(OCc2ncc(F)cc2F)c(Cl)c1=O)n1nccc(C(C)(C)O)c1=O)[C@H](C)O. The summed E-state index contributed by atoms with van der Waals surface area (Å²) in [5.74, 6) is -1.82. The van der Waals surface area contributed by atoms with E-state index in [9.17, 15) is 28.6 Å². The Kier molecular flexibility index (Phi) is 9.51. The fourth-order valence-corrected chi connectivity index (χ4v) is 3.51. The van der Waals surface area contributed by atoms with Crippen molar-refractivity contribution in [3.05, 3.63) is 103 Å². The number of hydrogen-bond acceptors (Lipinski definition) is 8. The monoisotopic (exact) mass is 575 g/mol. The lowest BCUT2D eigenvalue weighted by atomic mass is 10.0. The third-order valence-electron chi connectivity index (χ3n) is 5.75. The quantitative estimate of drug-likeness (QED) is 0.310. The largest absolute Gasteiger partial charge is 0.485 e. The number of rotatable bonds is 8. The zero-order valence-corrected chi connectivity index (χ0v) is 23.1. The maximum Gasteiger partial charge on any atom is 0.279 e. The Morgan fingerprint density at radius 2 is 1.98 bits per heavy atom. The van der Waals surface area contributed by atoms with E-state index in [-0.39, 0.29) is 27.9 Å². The number of ether oxygens (including phenoxy) is 1. The van der Waals surface area contributed by atoms with Gasteiger partial charge in [0, 0.05) is 36.4 Å². The smallest absolute Gasteiger partial charge is 0.279 e. The summed E-state index contributed by atoms with van der Waals surface area (Å²) in [6, 6.07) is 3.48. The Labute approximate surface area is 233 Å². The molecule has 10 nitrogen and oxygen atoms in total. The van der Waals surface area contributed by atoms with Gasteiger partial charge >= 0.3 is 0 Å². The number of hydrogen-bond donors (Lipinski definition) is 2. The molecule has 0 radical (unpaired) electrons. The van der Waals surface area contributed by atoms with Crippen molar-refractivity contribution >= 4 is 23.6 Å². The standard InChI is InChI=1S/C27H28ClF2N5O5/c1-15(17(3)36)12-32-23(35-25(37)19(6-8-33-35)27(4,5)39)7-9-34-16(2)10-22(24(28)26(34)38)40-14-21-20(30)11-18(29)13-31-21/h6-13,17,36,39H,14H2,1-5H3/b9-7+,15-12-,32-23-/t17-/m0/s1. The lowest BCUT2D eigenvalue weighted by molar-refractivity contribution is 0.0765. The molecule has 3 rings (SSSR count). The van der Waals surface area contributed by atoms with Crippen LogP contribution in [0.2, 0.25) is 5.02 Å². The molecule has 0 unspecified atom stereocenters. The highest BCUT2D eigenvalue weighted by Crippen LogP contribution is 2.23. The molecule has 0 aromatic carbocycles. The van der Waals surface area contributed by atoms with Gasteiger partial charge < -0.3 is 14.9 Å². The van der Waals surface area contributed by atoms with Gasteiger partial charge in [-0.05, 0) is 52.3 Å². The molecule has 0 bridgehead atoms. The van der Waals surface area contributed by atoms with Crippen LogP contribution in [0.5, 0.6) is 5.75 Å². The van der Waals surface area contributed by atoms with E-state index in [4.69, 9.17) is 16.3 Å². The summed E-state index contributed by atoms with van der Waals surface area (Å²) in [4.78, 5) is 34.1. The first-order valence-electron chi connectivity index (χ1n) is 12.0. The zero-order valence-electron chi connectivity index (χ0n) is 22.4. The molecule has 0 saturated carbocycles. The molecule has 3 heterocycles. The molecular weight excluding hydrogens is 548 g/mol. The molecule has 3 aromatic rings. The number of halogens is 3. The third-order valence-corrected chi connectivity index (χ3v) is 6.09. The van der Waals surface area contributed by atoms with Gasteiger partial charge in [0.25, 0.3) is 11.1 Å². The van der Waals surface area contributed by atoms with E-state index in [2.05, 4.69) is 15.1 Å². The molecule has 40 heavy (non-hydrogen) atoms. The Hall–Kier alpha value is -4.00. The molecule has 0 aliphatic carbocycles. The Morgan fingerprint density at radius 3 is 2.60 bits per heavy atom. The van der Waals surface area contributed by atoms with E-state index in [1.165, 1.54) is 50.7 Å². The topological polar surface area (TPSA) is 132 Å². The molecule has 212 valence electrons. The van der Waals surface area contributed by atoms with Crippen LogP contribution in [-0.4, -0.2) is 41.5 Å². The van der Waals surface area contributed by atoms with Crippen LogP contribution in [0, 0.1) is 18.6 Å². The Balaban J connectivity index is 2.03. The fourth-order valence-electron chi connectivity index (χ4n) is 3.31. The number of aryl methyl sites for hydroxylation is 1. The van der Waals surface area contributed by atoms with E-state index in [0.29, 0.717) is 17.3 Å². The van der Waals surface area contributed by atoms with Crippen LogP contribution in [0.1, 0.15) is 44.6 Å². The summed E-state index contributed by atoms with van der Waals surface area (Å²) in [5.41, 5.74) is -2.08. The van der Waals surface area contributed by atoms with Crippen molar-refractivity contribution in [3.63, 3.8) is 0 Å². The summed E-state index contributed by atoms with van der Waals surface area (Å²) in [6.45, 7) is 7.27. The molecule has 0 aliphatic heterocycles. The van der Waals surface area contributed by atoms with Crippen LogP contribution >= 0.6 is 11.6 Å². The van der Waals surface area contributed by atoms with Crippen molar-refractivity contribution < 1.29 is 23.7 Å². The van der Waals surface area contributed by atoms with Crippen molar-refractivity contribution in [2.24, 2.45) is 4.99 Å². The first-order chi connectivity index (χ1) is 18.7. The van der Waals surface area contributed by atoms with E-state index >= 15 is 0 Å². The number of aliphatic hydroxyl groups is 2. The van der Waals surface area contributed by atoms with Gasteiger partial charge in [0.05, 0.1) is 23.5 Å². The van der Waals surface area contributed by atoms with Gasteiger partial charge in [-0.2, -0.15) is 9.78 Å². The molecule has 0 fully saturated rings. The summed E-state index contributed by atoms with van der Waals surface area (Å²) in [7, 11) is 0. The predicted octanol–water partition coefficient (Wildman–Crippen LogP) is 3.55. The minimum absolute atomic E-state index is 0.0308. The Morgan fingerprint density at radius 1 is 1.27 bits per heavy atom. The first kappa shape index (κ1) is 30.5. The summed E-state index contributed by atoms with van der Waals surface area (Å²) < 4.78 is 34.6. The van der Waals surface area contributed by atoms with E-state index < -0.39 is 41.1 Å². The highest BCUT2D eigenvalue weighted by molar-refractivity contribution is 6.31. The molecule has 0 saturated heterocycles. The maximum atomic E-state index is 13.9. The van der Waals surface area contributed by atoms with Crippen LogP contribution in [0.25, 0.3) is 6.20 Å². The van der Waals surface area contributed by atoms with Crippen LogP contribution in [0.4, 0.5) is 8.78 Å². The Bertz CT molecular complexity index is 1620. The summed E-state index contributed by atoms with van der Waals surface area (Å²) in [6.07, 6.45) is 5.34. The molecule has 0 spiro atoms. The average Bonchev–Trinajstić information content (AvgIpc) is 2.87. The predicted molar refractivity (Wildman–Crippen MR) is 146 cm³/mol. The maximum absolute atomic E-state index is 13.9. The minimum Gasteiger partial charge on any atom is -0.485 e. The second-order valence-corrected chi connectivity index (χ2v) is 9.76. The normalized spacial score (nSPS) is 13.7. The van der Waals surface area contributed by atoms with E-state index in [0.717, 1.165) is 15.4 Å². The van der Waals surface area contributed by atoms with Gasteiger partial charge in [-0.3, -0.25) is 19.1 Å².